The average Bonchev–Trinajstić information content (AvgIpc) is 2.88. The number of rotatable bonds is 6. The molecule has 6 nitrogen and oxygen atoms in total. The molecule has 0 fully saturated rings. The second-order valence-electron chi connectivity index (χ2n) is 4.82. The summed E-state index contributed by atoms with van der Waals surface area (Å²) in [5.41, 5.74) is 0.686. The minimum absolute atomic E-state index is 0.247. The van der Waals surface area contributed by atoms with Crippen molar-refractivity contribution >= 4 is 6.03 Å². The van der Waals surface area contributed by atoms with Crippen molar-refractivity contribution in [2.24, 2.45) is 0 Å². The second kappa shape index (κ2) is 7.44. The van der Waals surface area contributed by atoms with E-state index in [2.05, 4.69) is 10.5 Å². The minimum Gasteiger partial charge on any atom is -0.492 e. The Morgan fingerprint density at radius 3 is 2.95 bits per heavy atom. The summed E-state index contributed by atoms with van der Waals surface area (Å²) in [6.45, 7) is 2.72. The van der Waals surface area contributed by atoms with Gasteiger partial charge in [-0.3, -0.25) is 0 Å². The van der Waals surface area contributed by atoms with Crippen LogP contribution < -0.4 is 10.1 Å². The Balaban J connectivity index is 1.68. The van der Waals surface area contributed by atoms with Gasteiger partial charge in [-0.25, -0.2) is 9.18 Å². The molecule has 0 aliphatic carbocycles. The summed E-state index contributed by atoms with van der Waals surface area (Å²) in [7, 11) is 1.66. The van der Waals surface area contributed by atoms with Crippen molar-refractivity contribution in [3.63, 3.8) is 0 Å². The van der Waals surface area contributed by atoms with Gasteiger partial charge in [-0.15, -0.1) is 0 Å². The molecule has 1 aromatic heterocycles. The van der Waals surface area contributed by atoms with Gasteiger partial charge in [-0.1, -0.05) is 11.2 Å². The van der Waals surface area contributed by atoms with E-state index >= 15 is 0 Å². The number of amides is 2. The van der Waals surface area contributed by atoms with Crippen LogP contribution in [0.5, 0.6) is 5.75 Å². The maximum absolute atomic E-state index is 12.9. The van der Waals surface area contributed by atoms with Crippen LogP contribution in [0.15, 0.2) is 34.9 Å². The predicted molar refractivity (Wildman–Crippen MR) is 78.0 cm³/mol. The lowest BCUT2D eigenvalue weighted by Crippen LogP contribution is -2.38. The summed E-state index contributed by atoms with van der Waals surface area (Å²) in [6.07, 6.45) is 0. The molecule has 0 spiro atoms. The Bertz CT molecular complexity index is 630. The van der Waals surface area contributed by atoms with Gasteiger partial charge >= 0.3 is 6.03 Å². The fraction of sp³-hybridized carbons (Fsp3) is 0.333. The minimum atomic E-state index is -0.357. The van der Waals surface area contributed by atoms with Gasteiger partial charge in [0.2, 0.25) is 0 Å². The molecule has 22 heavy (non-hydrogen) atoms. The molecule has 2 amide bonds. The van der Waals surface area contributed by atoms with E-state index in [0.717, 1.165) is 0 Å². The summed E-state index contributed by atoms with van der Waals surface area (Å²) >= 11 is 0. The monoisotopic (exact) mass is 307 g/mol. The van der Waals surface area contributed by atoms with E-state index in [4.69, 9.17) is 9.26 Å². The molecule has 2 rings (SSSR count). The maximum atomic E-state index is 12.9. The summed E-state index contributed by atoms with van der Waals surface area (Å²) in [5, 5.41) is 6.53. The zero-order valence-electron chi connectivity index (χ0n) is 12.5. The summed E-state index contributed by atoms with van der Waals surface area (Å²) in [5.74, 6) is 0.775. The highest BCUT2D eigenvalue weighted by atomic mass is 19.1. The molecule has 0 aliphatic heterocycles. The molecule has 1 aromatic carbocycles. The number of hydrogen-bond acceptors (Lipinski definition) is 4. The van der Waals surface area contributed by atoms with Crippen LogP contribution in [-0.2, 0) is 6.54 Å². The third kappa shape index (κ3) is 4.76. The first-order valence-electron chi connectivity index (χ1n) is 6.84. The number of ether oxygens (including phenoxy) is 1. The number of carbonyl (C=O) groups is 1. The van der Waals surface area contributed by atoms with E-state index in [-0.39, 0.29) is 18.5 Å². The van der Waals surface area contributed by atoms with Crippen molar-refractivity contribution in [2.75, 3.05) is 20.2 Å². The van der Waals surface area contributed by atoms with Crippen LogP contribution >= 0.6 is 0 Å². The predicted octanol–water partition coefficient (Wildman–Crippen LogP) is 2.34. The molecule has 0 saturated carbocycles. The smallest absolute Gasteiger partial charge is 0.317 e. The largest absolute Gasteiger partial charge is 0.492 e. The lowest BCUT2D eigenvalue weighted by atomic mass is 10.3. The van der Waals surface area contributed by atoms with Crippen LogP contribution in [0.2, 0.25) is 0 Å². The number of hydrogen-bond donors (Lipinski definition) is 1. The van der Waals surface area contributed by atoms with Crippen molar-refractivity contribution in [3.05, 3.63) is 47.6 Å². The average molecular weight is 307 g/mol. The Kier molecular flexibility index (Phi) is 5.35. The molecule has 118 valence electrons. The first kappa shape index (κ1) is 15.8. The number of carbonyl (C=O) groups excluding carboxylic acids is 1. The van der Waals surface area contributed by atoms with Crippen molar-refractivity contribution < 1.29 is 18.4 Å². The van der Waals surface area contributed by atoms with Gasteiger partial charge in [-0.05, 0) is 19.1 Å². The van der Waals surface area contributed by atoms with E-state index in [0.29, 0.717) is 30.3 Å². The highest BCUT2D eigenvalue weighted by Gasteiger charge is 2.10. The lowest BCUT2D eigenvalue weighted by Gasteiger charge is -2.16. The lowest BCUT2D eigenvalue weighted by molar-refractivity contribution is 0.202. The number of nitrogens with zero attached hydrogens (tertiary/aromatic N) is 2. The number of aromatic nitrogens is 1. The summed E-state index contributed by atoms with van der Waals surface area (Å²) < 4.78 is 23.2. The molecule has 0 aliphatic rings. The molecule has 0 atom stereocenters. The van der Waals surface area contributed by atoms with Gasteiger partial charge in [0.05, 0.1) is 13.1 Å². The van der Waals surface area contributed by atoms with Gasteiger partial charge in [-0.2, -0.15) is 0 Å². The van der Waals surface area contributed by atoms with Gasteiger partial charge in [0, 0.05) is 19.2 Å². The fourth-order valence-electron chi connectivity index (χ4n) is 1.83. The molecular formula is C15H18FN3O3. The van der Waals surface area contributed by atoms with Crippen LogP contribution in [0.4, 0.5) is 9.18 Å². The number of nitrogens with one attached hydrogen (secondary N) is 1. The Morgan fingerprint density at radius 1 is 1.45 bits per heavy atom. The van der Waals surface area contributed by atoms with Gasteiger partial charge in [0.1, 0.15) is 29.6 Å². The van der Waals surface area contributed by atoms with Crippen LogP contribution in [0.3, 0.4) is 0 Å². The standard InChI is InChI=1S/C15H18FN3O3/c1-11-8-13(18-22-11)10-19(2)15(20)17-6-7-21-14-5-3-4-12(16)9-14/h3-5,8-9H,6-7,10H2,1-2H3,(H,17,20). The number of aryl methyl sites for hydroxylation is 1. The molecule has 1 N–H and O–H groups in total. The molecule has 1 heterocycles. The third-order valence-electron chi connectivity index (χ3n) is 2.87. The summed E-state index contributed by atoms with van der Waals surface area (Å²) in [4.78, 5) is 13.3. The third-order valence-corrected chi connectivity index (χ3v) is 2.87. The summed E-state index contributed by atoms with van der Waals surface area (Å²) in [6, 6.07) is 7.39. The Morgan fingerprint density at radius 2 is 2.27 bits per heavy atom. The van der Waals surface area contributed by atoms with Gasteiger partial charge < -0.3 is 19.5 Å². The van der Waals surface area contributed by atoms with E-state index in [1.54, 1.807) is 32.2 Å². The zero-order chi connectivity index (χ0) is 15.9. The van der Waals surface area contributed by atoms with E-state index in [1.807, 2.05) is 0 Å². The second-order valence-corrected chi connectivity index (χ2v) is 4.82. The molecule has 2 aromatic rings. The van der Waals surface area contributed by atoms with E-state index < -0.39 is 0 Å². The van der Waals surface area contributed by atoms with Gasteiger partial charge in [0.25, 0.3) is 0 Å². The van der Waals surface area contributed by atoms with E-state index in [9.17, 15) is 9.18 Å². The Labute approximate surface area is 127 Å². The SMILES string of the molecule is Cc1cc(CN(C)C(=O)NCCOc2cccc(F)c2)no1. The fourth-order valence-corrected chi connectivity index (χ4v) is 1.83. The van der Waals surface area contributed by atoms with Crippen LogP contribution in [-0.4, -0.2) is 36.3 Å². The molecule has 0 radical (unpaired) electrons. The normalized spacial score (nSPS) is 10.3. The Hall–Kier alpha value is -2.57. The first-order chi connectivity index (χ1) is 10.5. The zero-order valence-corrected chi connectivity index (χ0v) is 12.5. The van der Waals surface area contributed by atoms with Crippen molar-refractivity contribution in [3.8, 4) is 5.75 Å². The quantitative estimate of drug-likeness (QED) is 0.832. The molecule has 7 heteroatoms. The first-order valence-corrected chi connectivity index (χ1v) is 6.84. The highest BCUT2D eigenvalue weighted by Crippen LogP contribution is 2.11. The molecule has 0 saturated heterocycles. The van der Waals surface area contributed by atoms with Gasteiger partial charge in [0.15, 0.2) is 0 Å². The van der Waals surface area contributed by atoms with Crippen LogP contribution in [0.25, 0.3) is 0 Å². The topological polar surface area (TPSA) is 67.6 Å². The van der Waals surface area contributed by atoms with Crippen molar-refractivity contribution in [1.29, 1.82) is 0 Å². The van der Waals surface area contributed by atoms with Crippen LogP contribution in [0, 0.1) is 12.7 Å². The van der Waals surface area contributed by atoms with E-state index in [1.165, 1.54) is 17.0 Å². The van der Waals surface area contributed by atoms with Crippen molar-refractivity contribution in [2.45, 2.75) is 13.5 Å². The van der Waals surface area contributed by atoms with Crippen LogP contribution in [0.1, 0.15) is 11.5 Å². The molecule has 0 bridgehead atoms. The van der Waals surface area contributed by atoms with Crippen molar-refractivity contribution in [1.82, 2.24) is 15.4 Å². The number of benzene rings is 1. The molecule has 0 unspecified atom stereocenters. The molecular weight excluding hydrogens is 289 g/mol. The highest BCUT2D eigenvalue weighted by molar-refractivity contribution is 5.73. The maximum Gasteiger partial charge on any atom is 0.317 e. The number of halogens is 1. The number of urea groups is 1.